The second-order valence-electron chi connectivity index (χ2n) is 9.23. The number of benzene rings is 2. The number of likely N-dealkylation sites (tertiary alicyclic amines) is 1. The summed E-state index contributed by atoms with van der Waals surface area (Å²) in [6.45, 7) is 6.18. The summed E-state index contributed by atoms with van der Waals surface area (Å²) in [5.74, 6) is -0.641. The molecular formula is C28H32N4O5S. The molecule has 10 heteroatoms. The molecule has 1 aliphatic heterocycles. The molecule has 3 atom stereocenters. The third-order valence-corrected chi connectivity index (χ3v) is 7.40. The van der Waals surface area contributed by atoms with E-state index in [9.17, 15) is 19.5 Å². The molecule has 0 aliphatic carbocycles. The summed E-state index contributed by atoms with van der Waals surface area (Å²) >= 11 is 1.58. The van der Waals surface area contributed by atoms with E-state index in [1.54, 1.807) is 42.5 Å². The van der Waals surface area contributed by atoms with Crippen molar-refractivity contribution in [3.8, 4) is 16.2 Å². The van der Waals surface area contributed by atoms with Crippen LogP contribution >= 0.6 is 11.3 Å². The SMILES string of the molecule is CCOc1cccc(C(=O)NC(C)C(=O)N2C[C@H](O)C[C@H]2C(=O)NCc2ccc(-c3scnc3C)cc2)c1. The van der Waals surface area contributed by atoms with E-state index in [1.165, 1.54) is 4.90 Å². The first-order chi connectivity index (χ1) is 18.3. The predicted octanol–water partition coefficient (Wildman–Crippen LogP) is 2.91. The van der Waals surface area contributed by atoms with E-state index in [0.717, 1.165) is 21.7 Å². The lowest BCUT2D eigenvalue weighted by Crippen LogP contribution is -2.52. The molecule has 2 heterocycles. The van der Waals surface area contributed by atoms with Gasteiger partial charge in [-0.2, -0.15) is 0 Å². The van der Waals surface area contributed by atoms with Crippen LogP contribution in [0, 0.1) is 6.92 Å². The highest BCUT2D eigenvalue weighted by atomic mass is 32.1. The van der Waals surface area contributed by atoms with Crippen molar-refractivity contribution in [3.05, 3.63) is 70.9 Å². The lowest BCUT2D eigenvalue weighted by atomic mass is 10.1. The summed E-state index contributed by atoms with van der Waals surface area (Å²) in [5.41, 5.74) is 5.13. The molecule has 3 aromatic rings. The Morgan fingerprint density at radius 2 is 1.97 bits per heavy atom. The van der Waals surface area contributed by atoms with Crippen molar-refractivity contribution in [1.82, 2.24) is 20.5 Å². The maximum atomic E-state index is 13.2. The van der Waals surface area contributed by atoms with Crippen LogP contribution in [-0.2, 0) is 16.1 Å². The number of carbonyl (C=O) groups is 3. The van der Waals surface area contributed by atoms with Gasteiger partial charge in [-0.05, 0) is 50.1 Å². The fourth-order valence-electron chi connectivity index (χ4n) is 4.45. The van der Waals surface area contributed by atoms with Crippen LogP contribution in [0.5, 0.6) is 5.75 Å². The highest BCUT2D eigenvalue weighted by Gasteiger charge is 2.40. The summed E-state index contributed by atoms with van der Waals surface area (Å²) in [7, 11) is 0. The van der Waals surface area contributed by atoms with Gasteiger partial charge in [-0.3, -0.25) is 14.4 Å². The van der Waals surface area contributed by atoms with Crippen molar-refractivity contribution in [2.75, 3.05) is 13.2 Å². The Morgan fingerprint density at radius 3 is 2.66 bits per heavy atom. The van der Waals surface area contributed by atoms with Gasteiger partial charge >= 0.3 is 0 Å². The monoisotopic (exact) mass is 536 g/mol. The van der Waals surface area contributed by atoms with Gasteiger partial charge < -0.3 is 25.4 Å². The molecule has 1 unspecified atom stereocenters. The van der Waals surface area contributed by atoms with Crippen LogP contribution in [0.3, 0.4) is 0 Å². The molecule has 1 aromatic heterocycles. The maximum absolute atomic E-state index is 13.2. The molecule has 200 valence electrons. The number of hydrogen-bond acceptors (Lipinski definition) is 7. The number of aliphatic hydroxyl groups excluding tert-OH is 1. The van der Waals surface area contributed by atoms with Gasteiger partial charge in [0.2, 0.25) is 11.8 Å². The van der Waals surface area contributed by atoms with Crippen molar-refractivity contribution < 1.29 is 24.2 Å². The number of ether oxygens (including phenoxy) is 1. The van der Waals surface area contributed by atoms with Gasteiger partial charge in [0.05, 0.1) is 28.8 Å². The molecule has 1 fully saturated rings. The van der Waals surface area contributed by atoms with Crippen molar-refractivity contribution in [2.45, 2.75) is 51.9 Å². The van der Waals surface area contributed by atoms with Gasteiger partial charge in [-0.15, -0.1) is 11.3 Å². The standard InChI is InChI=1S/C28H32N4O5S/c1-4-37-23-7-5-6-21(12-23)26(34)31-18(3)28(36)32-15-22(33)13-24(32)27(35)29-14-19-8-10-20(11-9-19)25-17(2)30-16-38-25/h5-12,16,18,22,24,33H,4,13-15H2,1-3H3,(H,29,35)(H,31,34)/t18?,22-,24+/m1/s1. The maximum Gasteiger partial charge on any atom is 0.252 e. The Labute approximate surface area is 225 Å². The van der Waals surface area contributed by atoms with Crippen molar-refractivity contribution in [1.29, 1.82) is 0 Å². The number of amides is 3. The third-order valence-electron chi connectivity index (χ3n) is 6.42. The van der Waals surface area contributed by atoms with Gasteiger partial charge in [0.1, 0.15) is 17.8 Å². The number of thiazole rings is 1. The van der Waals surface area contributed by atoms with Gasteiger partial charge in [0.25, 0.3) is 5.91 Å². The number of β-amino-alcohol motifs (C(OH)–C–C–N with tert-alkyl or cyclic N) is 1. The molecule has 0 saturated carbocycles. The number of nitrogens with one attached hydrogen (secondary N) is 2. The van der Waals surface area contributed by atoms with Crippen molar-refractivity contribution in [3.63, 3.8) is 0 Å². The Bertz CT molecular complexity index is 1290. The highest BCUT2D eigenvalue weighted by Crippen LogP contribution is 2.27. The van der Waals surface area contributed by atoms with E-state index in [0.29, 0.717) is 17.9 Å². The fraction of sp³-hybridized carbons (Fsp3) is 0.357. The summed E-state index contributed by atoms with van der Waals surface area (Å²) < 4.78 is 5.44. The van der Waals surface area contributed by atoms with Crippen LogP contribution in [0.1, 0.15) is 41.9 Å². The van der Waals surface area contributed by atoms with Crippen LogP contribution in [0.2, 0.25) is 0 Å². The zero-order chi connectivity index (χ0) is 27.2. The fourth-order valence-corrected chi connectivity index (χ4v) is 5.26. The molecule has 2 aromatic carbocycles. The first kappa shape index (κ1) is 27.3. The molecule has 0 spiro atoms. The summed E-state index contributed by atoms with van der Waals surface area (Å²) in [6, 6.07) is 12.9. The molecule has 0 radical (unpaired) electrons. The van der Waals surface area contributed by atoms with Crippen LogP contribution < -0.4 is 15.4 Å². The molecule has 3 amide bonds. The Balaban J connectivity index is 1.35. The van der Waals surface area contributed by atoms with E-state index in [4.69, 9.17) is 4.74 Å². The van der Waals surface area contributed by atoms with Gasteiger partial charge in [0, 0.05) is 25.1 Å². The smallest absolute Gasteiger partial charge is 0.252 e. The summed E-state index contributed by atoms with van der Waals surface area (Å²) in [6.07, 6.45) is -0.680. The van der Waals surface area contributed by atoms with E-state index >= 15 is 0 Å². The van der Waals surface area contributed by atoms with Gasteiger partial charge in [-0.25, -0.2) is 4.98 Å². The number of rotatable bonds is 9. The predicted molar refractivity (Wildman–Crippen MR) is 145 cm³/mol. The molecule has 1 saturated heterocycles. The van der Waals surface area contributed by atoms with Crippen molar-refractivity contribution >= 4 is 29.1 Å². The number of aromatic nitrogens is 1. The van der Waals surface area contributed by atoms with E-state index in [-0.39, 0.29) is 25.4 Å². The second-order valence-corrected chi connectivity index (χ2v) is 10.1. The molecule has 1 aliphatic rings. The zero-order valence-corrected chi connectivity index (χ0v) is 22.5. The number of hydrogen-bond donors (Lipinski definition) is 3. The minimum absolute atomic E-state index is 0.0276. The van der Waals surface area contributed by atoms with Gasteiger partial charge in [-0.1, -0.05) is 30.3 Å². The molecule has 9 nitrogen and oxygen atoms in total. The first-order valence-corrected chi connectivity index (χ1v) is 13.4. The summed E-state index contributed by atoms with van der Waals surface area (Å²) in [5, 5.41) is 15.8. The Morgan fingerprint density at radius 1 is 1.21 bits per heavy atom. The molecule has 0 bridgehead atoms. The number of carbonyl (C=O) groups excluding carboxylic acids is 3. The quantitative estimate of drug-likeness (QED) is 0.387. The average Bonchev–Trinajstić information content (AvgIpc) is 3.52. The number of aryl methyl sites for hydroxylation is 1. The van der Waals surface area contributed by atoms with E-state index in [2.05, 4.69) is 15.6 Å². The largest absolute Gasteiger partial charge is 0.494 e. The Hall–Kier alpha value is -3.76. The van der Waals surface area contributed by atoms with E-state index in [1.807, 2.05) is 43.6 Å². The topological polar surface area (TPSA) is 121 Å². The molecule has 4 rings (SSSR count). The number of nitrogens with zero attached hydrogens (tertiary/aromatic N) is 2. The van der Waals surface area contributed by atoms with Crippen LogP contribution in [0.15, 0.2) is 54.0 Å². The lowest BCUT2D eigenvalue weighted by molar-refractivity contribution is -0.139. The average molecular weight is 537 g/mol. The lowest BCUT2D eigenvalue weighted by Gasteiger charge is -2.27. The van der Waals surface area contributed by atoms with Crippen LogP contribution in [0.25, 0.3) is 10.4 Å². The normalized spacial score (nSPS) is 17.6. The van der Waals surface area contributed by atoms with E-state index < -0.39 is 30.0 Å². The highest BCUT2D eigenvalue weighted by molar-refractivity contribution is 7.13. The minimum Gasteiger partial charge on any atom is -0.494 e. The first-order valence-electron chi connectivity index (χ1n) is 12.6. The van der Waals surface area contributed by atoms with Crippen molar-refractivity contribution in [2.24, 2.45) is 0 Å². The van der Waals surface area contributed by atoms with Gasteiger partial charge in [0.15, 0.2) is 0 Å². The van der Waals surface area contributed by atoms with Crippen LogP contribution in [-0.4, -0.2) is 64.1 Å². The molecular weight excluding hydrogens is 504 g/mol. The minimum atomic E-state index is -0.887. The van der Waals surface area contributed by atoms with Crippen LogP contribution in [0.4, 0.5) is 0 Å². The second kappa shape index (κ2) is 12.2. The number of aliphatic hydroxyl groups is 1. The summed E-state index contributed by atoms with van der Waals surface area (Å²) in [4.78, 5) is 45.7. The zero-order valence-electron chi connectivity index (χ0n) is 21.6. The third kappa shape index (κ3) is 6.38. The molecule has 3 N–H and O–H groups in total. The molecule has 38 heavy (non-hydrogen) atoms. The Kier molecular flexibility index (Phi) is 8.75.